The molecule has 0 spiro atoms. The summed E-state index contributed by atoms with van der Waals surface area (Å²) in [5.74, 6) is -0.107. The Labute approximate surface area is 124 Å². The van der Waals surface area contributed by atoms with Crippen LogP contribution in [0.2, 0.25) is 0 Å². The summed E-state index contributed by atoms with van der Waals surface area (Å²) in [5.41, 5.74) is 3.85. The molecule has 20 heavy (non-hydrogen) atoms. The minimum atomic E-state index is -0.854. The van der Waals surface area contributed by atoms with Gasteiger partial charge in [0.05, 0.1) is 23.1 Å². The van der Waals surface area contributed by atoms with E-state index in [1.54, 1.807) is 0 Å². The van der Waals surface area contributed by atoms with E-state index in [1.165, 1.54) is 5.56 Å². The molecule has 104 valence electrons. The molecule has 5 nitrogen and oxygen atoms in total. The predicted octanol–water partition coefficient (Wildman–Crippen LogP) is 2.78. The zero-order valence-electron chi connectivity index (χ0n) is 11.2. The lowest BCUT2D eigenvalue weighted by Gasteiger charge is -2.00. The lowest BCUT2D eigenvalue weighted by molar-refractivity contribution is -0.136. The van der Waals surface area contributed by atoms with Crippen molar-refractivity contribution in [3.05, 3.63) is 34.1 Å². The van der Waals surface area contributed by atoms with Gasteiger partial charge in [0.15, 0.2) is 0 Å². The highest BCUT2D eigenvalue weighted by atomic mass is 79.9. The molecular weight excluding hydrogens is 322 g/mol. The molecule has 1 N–H and O–H groups in total. The minimum absolute atomic E-state index is 0.0323. The zero-order chi connectivity index (χ0) is 14.4. The summed E-state index contributed by atoms with van der Waals surface area (Å²) < 4.78 is 4.55. The Balaban J connectivity index is 2.35. The Kier molecular flexibility index (Phi) is 3.05. The number of carboxylic acid groups (broad SMARTS) is 1. The normalized spacial score (nSPS) is 11.6. The predicted molar refractivity (Wildman–Crippen MR) is 80.1 cm³/mol. The highest BCUT2D eigenvalue weighted by Crippen LogP contribution is 2.28. The monoisotopic (exact) mass is 335 g/mol. The van der Waals surface area contributed by atoms with E-state index < -0.39 is 5.97 Å². The number of fused-ring (bicyclic) bond motifs is 3. The van der Waals surface area contributed by atoms with Crippen LogP contribution in [0.15, 0.2) is 22.8 Å². The smallest absolute Gasteiger partial charge is 0.309 e. The number of imidazole rings is 2. The Morgan fingerprint density at radius 3 is 2.85 bits per heavy atom. The highest BCUT2D eigenvalue weighted by Gasteiger charge is 2.19. The molecule has 0 bridgehead atoms. The Morgan fingerprint density at radius 2 is 2.20 bits per heavy atom. The first-order valence-corrected chi connectivity index (χ1v) is 7.18. The van der Waals surface area contributed by atoms with Gasteiger partial charge >= 0.3 is 5.97 Å². The Bertz CT molecular complexity index is 832. The van der Waals surface area contributed by atoms with E-state index in [2.05, 4.69) is 40.0 Å². The van der Waals surface area contributed by atoms with Crippen molar-refractivity contribution >= 4 is 38.7 Å². The fraction of sp³-hybridized carbons (Fsp3) is 0.286. The third kappa shape index (κ3) is 1.83. The Hall–Kier alpha value is -1.82. The molecule has 6 heteroatoms. The number of hydrogen-bond acceptors (Lipinski definition) is 2. The third-order valence-corrected chi connectivity index (χ3v) is 4.38. The molecule has 1 aromatic carbocycles. The number of halogens is 1. The van der Waals surface area contributed by atoms with E-state index in [9.17, 15) is 4.79 Å². The molecule has 0 unspecified atom stereocenters. The molecule has 0 saturated carbocycles. The van der Waals surface area contributed by atoms with E-state index in [-0.39, 0.29) is 6.42 Å². The number of carbonyl (C=O) groups is 1. The second-order valence-electron chi connectivity index (χ2n) is 4.79. The van der Waals surface area contributed by atoms with Gasteiger partial charge in [-0.2, -0.15) is 0 Å². The fourth-order valence-corrected chi connectivity index (χ4v) is 3.23. The molecular formula is C14H14BrN3O2. The Morgan fingerprint density at radius 1 is 1.45 bits per heavy atom. The number of nitrogens with zero attached hydrogens (tertiary/aromatic N) is 3. The summed E-state index contributed by atoms with van der Waals surface area (Å²) >= 11 is 3.52. The van der Waals surface area contributed by atoms with Gasteiger partial charge in [0.25, 0.3) is 0 Å². The van der Waals surface area contributed by atoms with Gasteiger partial charge in [0.1, 0.15) is 4.60 Å². The van der Waals surface area contributed by atoms with Crippen LogP contribution in [0, 0.1) is 0 Å². The minimum Gasteiger partial charge on any atom is -0.481 e. The van der Waals surface area contributed by atoms with Gasteiger partial charge in [-0.15, -0.1) is 0 Å². The van der Waals surface area contributed by atoms with E-state index in [0.29, 0.717) is 5.69 Å². The van der Waals surface area contributed by atoms with Crippen LogP contribution in [0.4, 0.5) is 0 Å². The summed E-state index contributed by atoms with van der Waals surface area (Å²) in [7, 11) is 1.84. The van der Waals surface area contributed by atoms with Crippen LogP contribution in [0.25, 0.3) is 16.8 Å². The van der Waals surface area contributed by atoms with Crippen molar-refractivity contribution in [2.75, 3.05) is 0 Å². The average molecular weight is 336 g/mol. The van der Waals surface area contributed by atoms with Gasteiger partial charge < -0.3 is 9.67 Å². The first-order chi connectivity index (χ1) is 9.52. The molecule has 0 aliphatic heterocycles. The molecule has 0 atom stereocenters. The number of aryl methyl sites for hydroxylation is 2. The number of carboxylic acids is 1. The second kappa shape index (κ2) is 4.63. The fourth-order valence-electron chi connectivity index (χ4n) is 2.47. The van der Waals surface area contributed by atoms with Gasteiger partial charge in [0.2, 0.25) is 5.78 Å². The van der Waals surface area contributed by atoms with E-state index in [4.69, 9.17) is 5.11 Å². The molecule has 0 aliphatic rings. The summed E-state index contributed by atoms with van der Waals surface area (Å²) in [6, 6.07) is 6.18. The maximum atomic E-state index is 11.0. The molecule has 2 aromatic heterocycles. The zero-order valence-corrected chi connectivity index (χ0v) is 12.8. The SMILES string of the molecule is CCc1ccc2nc3n(C)c(CC(=O)O)c(Br)n3c2c1. The van der Waals surface area contributed by atoms with Crippen molar-refractivity contribution in [2.45, 2.75) is 19.8 Å². The number of benzene rings is 1. The van der Waals surface area contributed by atoms with Gasteiger partial charge in [-0.25, -0.2) is 4.98 Å². The molecule has 0 saturated heterocycles. The molecule has 3 rings (SSSR count). The quantitative estimate of drug-likeness (QED) is 0.800. The van der Waals surface area contributed by atoms with Crippen LogP contribution < -0.4 is 0 Å². The van der Waals surface area contributed by atoms with Crippen LogP contribution in [0.3, 0.4) is 0 Å². The largest absolute Gasteiger partial charge is 0.481 e. The number of rotatable bonds is 3. The van der Waals surface area contributed by atoms with Crippen LogP contribution >= 0.6 is 15.9 Å². The lowest BCUT2D eigenvalue weighted by Crippen LogP contribution is -2.05. The van der Waals surface area contributed by atoms with Crippen LogP contribution in [0.1, 0.15) is 18.2 Å². The maximum Gasteiger partial charge on any atom is 0.309 e. The van der Waals surface area contributed by atoms with Gasteiger partial charge in [-0.3, -0.25) is 9.20 Å². The molecule has 2 heterocycles. The first kappa shape index (κ1) is 13.2. The topological polar surface area (TPSA) is 59.5 Å². The summed E-state index contributed by atoms with van der Waals surface area (Å²) in [4.78, 5) is 15.6. The standard InChI is InChI=1S/C14H14BrN3O2/c1-3-8-4-5-9-10(6-8)18-13(15)11(7-12(19)20)17(2)14(18)16-9/h4-6H,3,7H2,1-2H3,(H,19,20). The molecule has 0 radical (unpaired) electrons. The number of aliphatic carboxylic acids is 1. The van der Waals surface area contributed by atoms with E-state index in [1.807, 2.05) is 22.1 Å². The molecule has 0 amide bonds. The molecule has 0 fully saturated rings. The van der Waals surface area contributed by atoms with Gasteiger partial charge in [0, 0.05) is 7.05 Å². The third-order valence-electron chi connectivity index (χ3n) is 3.57. The van der Waals surface area contributed by atoms with Crippen molar-refractivity contribution < 1.29 is 9.90 Å². The van der Waals surface area contributed by atoms with Crippen molar-refractivity contribution in [3.63, 3.8) is 0 Å². The van der Waals surface area contributed by atoms with Crippen LogP contribution in [0.5, 0.6) is 0 Å². The molecule has 0 aliphatic carbocycles. The average Bonchev–Trinajstić information content (AvgIpc) is 2.90. The number of aromatic nitrogens is 3. The first-order valence-electron chi connectivity index (χ1n) is 6.38. The van der Waals surface area contributed by atoms with Crippen molar-refractivity contribution in [1.82, 2.24) is 14.0 Å². The second-order valence-corrected chi connectivity index (χ2v) is 5.54. The van der Waals surface area contributed by atoms with Crippen molar-refractivity contribution in [1.29, 1.82) is 0 Å². The lowest BCUT2D eigenvalue weighted by atomic mass is 10.1. The van der Waals surface area contributed by atoms with Crippen LogP contribution in [-0.2, 0) is 24.7 Å². The summed E-state index contributed by atoms with van der Waals surface area (Å²) in [6.07, 6.45) is 0.922. The maximum absolute atomic E-state index is 11.0. The van der Waals surface area contributed by atoms with Crippen molar-refractivity contribution in [3.8, 4) is 0 Å². The number of hydrogen-bond donors (Lipinski definition) is 1. The van der Waals surface area contributed by atoms with Gasteiger partial charge in [-0.05, 0) is 40.0 Å². The summed E-state index contributed by atoms with van der Waals surface area (Å²) in [6.45, 7) is 2.11. The van der Waals surface area contributed by atoms with Crippen LogP contribution in [-0.4, -0.2) is 25.0 Å². The summed E-state index contributed by atoms with van der Waals surface area (Å²) in [5, 5.41) is 9.01. The van der Waals surface area contributed by atoms with E-state index >= 15 is 0 Å². The van der Waals surface area contributed by atoms with Crippen molar-refractivity contribution in [2.24, 2.45) is 7.05 Å². The van der Waals surface area contributed by atoms with Gasteiger partial charge in [-0.1, -0.05) is 13.0 Å². The molecule has 3 aromatic rings. The highest BCUT2D eigenvalue weighted by molar-refractivity contribution is 9.10. The van der Waals surface area contributed by atoms with E-state index in [0.717, 1.165) is 27.8 Å².